The van der Waals surface area contributed by atoms with Crippen LogP contribution in [0, 0.1) is 0 Å². The van der Waals surface area contributed by atoms with Gasteiger partial charge in [-0.1, -0.05) is 11.6 Å². The summed E-state index contributed by atoms with van der Waals surface area (Å²) in [7, 11) is 1.32. The van der Waals surface area contributed by atoms with Crippen molar-refractivity contribution in [3.8, 4) is 0 Å². The van der Waals surface area contributed by atoms with Crippen LogP contribution in [0.2, 0.25) is 5.02 Å². The lowest BCUT2D eigenvalue weighted by Gasteiger charge is -2.00. The number of methoxy groups -OCH3 is 1. The van der Waals surface area contributed by atoms with Gasteiger partial charge >= 0.3 is 5.97 Å². The first-order chi connectivity index (χ1) is 8.19. The Labute approximate surface area is 103 Å². The predicted octanol–water partition coefficient (Wildman–Crippen LogP) is 3.15. The van der Waals surface area contributed by atoms with Gasteiger partial charge in [-0.25, -0.2) is 9.78 Å². The largest absolute Gasteiger partial charge is 0.465 e. The molecule has 0 radical (unpaired) electrons. The van der Waals surface area contributed by atoms with Gasteiger partial charge in [0.1, 0.15) is 5.52 Å². The van der Waals surface area contributed by atoms with Gasteiger partial charge in [-0.15, -0.1) is 0 Å². The van der Waals surface area contributed by atoms with Gasteiger partial charge in [0.2, 0.25) is 0 Å². The van der Waals surface area contributed by atoms with Crippen molar-refractivity contribution in [2.75, 3.05) is 7.11 Å². The first kappa shape index (κ1) is 10.6. The van der Waals surface area contributed by atoms with Crippen molar-refractivity contribution in [3.63, 3.8) is 0 Å². The summed E-state index contributed by atoms with van der Waals surface area (Å²) in [6.45, 7) is 0. The highest BCUT2D eigenvalue weighted by Gasteiger charge is 2.29. The van der Waals surface area contributed by atoms with Crippen LogP contribution < -0.4 is 0 Å². The molecule has 1 saturated carbocycles. The number of rotatable bonds is 2. The van der Waals surface area contributed by atoms with Crippen molar-refractivity contribution < 1.29 is 13.9 Å². The van der Waals surface area contributed by atoms with Gasteiger partial charge in [0, 0.05) is 12.0 Å². The number of esters is 1. The van der Waals surface area contributed by atoms with Gasteiger partial charge in [0.15, 0.2) is 11.5 Å². The molecule has 1 fully saturated rings. The first-order valence-electron chi connectivity index (χ1n) is 5.37. The van der Waals surface area contributed by atoms with E-state index in [2.05, 4.69) is 9.72 Å². The number of carbonyl (C=O) groups is 1. The lowest BCUT2D eigenvalue weighted by Crippen LogP contribution is -2.01. The smallest absolute Gasteiger partial charge is 0.339 e. The maximum absolute atomic E-state index is 11.5. The molecule has 17 heavy (non-hydrogen) atoms. The Kier molecular flexibility index (Phi) is 2.33. The van der Waals surface area contributed by atoms with Crippen LogP contribution in [-0.4, -0.2) is 18.1 Å². The van der Waals surface area contributed by atoms with Crippen molar-refractivity contribution in [2.45, 2.75) is 18.8 Å². The molecule has 0 unspecified atom stereocenters. The molecule has 0 N–H and O–H groups in total. The molecule has 0 saturated heterocycles. The van der Waals surface area contributed by atoms with Gasteiger partial charge in [0.25, 0.3) is 0 Å². The van der Waals surface area contributed by atoms with Crippen molar-refractivity contribution >= 4 is 28.7 Å². The standard InChI is InChI=1S/C12H10ClNO3/c1-16-12(15)7-4-9-10(5-8(7)13)17-11(14-9)6-2-3-6/h4-6H,2-3H2,1H3. The summed E-state index contributed by atoms with van der Waals surface area (Å²) in [6.07, 6.45) is 2.23. The summed E-state index contributed by atoms with van der Waals surface area (Å²) in [5.41, 5.74) is 1.58. The molecule has 88 valence electrons. The van der Waals surface area contributed by atoms with Crippen molar-refractivity contribution in [3.05, 3.63) is 28.6 Å². The Morgan fingerprint density at radius 3 is 2.94 bits per heavy atom. The molecule has 1 aliphatic carbocycles. The Balaban J connectivity index is 2.13. The van der Waals surface area contributed by atoms with Gasteiger partial charge in [0.05, 0.1) is 17.7 Å². The molecular formula is C12H10ClNO3. The predicted molar refractivity (Wildman–Crippen MR) is 62.3 cm³/mol. The second-order valence-electron chi connectivity index (χ2n) is 4.12. The molecule has 0 bridgehead atoms. The SMILES string of the molecule is COC(=O)c1cc2nc(C3CC3)oc2cc1Cl. The van der Waals surface area contributed by atoms with Crippen LogP contribution in [0.25, 0.3) is 11.1 Å². The van der Waals surface area contributed by atoms with Crippen LogP contribution in [0.3, 0.4) is 0 Å². The fraction of sp³-hybridized carbons (Fsp3) is 0.333. The maximum Gasteiger partial charge on any atom is 0.339 e. The number of carbonyl (C=O) groups excluding carboxylic acids is 1. The highest BCUT2D eigenvalue weighted by atomic mass is 35.5. The molecule has 1 aromatic heterocycles. The molecule has 0 atom stereocenters. The average Bonchev–Trinajstić information content (AvgIpc) is 3.08. The zero-order chi connectivity index (χ0) is 12.0. The van der Waals surface area contributed by atoms with E-state index in [1.165, 1.54) is 7.11 Å². The third-order valence-corrected chi connectivity index (χ3v) is 3.14. The second-order valence-corrected chi connectivity index (χ2v) is 4.52. The Bertz CT molecular complexity index is 601. The third kappa shape index (κ3) is 1.78. The molecule has 1 heterocycles. The number of aromatic nitrogens is 1. The Morgan fingerprint density at radius 2 is 2.29 bits per heavy atom. The summed E-state index contributed by atoms with van der Waals surface area (Å²) < 4.78 is 10.2. The van der Waals surface area contributed by atoms with E-state index in [0.29, 0.717) is 27.6 Å². The van der Waals surface area contributed by atoms with E-state index < -0.39 is 5.97 Å². The molecule has 1 aliphatic rings. The summed E-state index contributed by atoms with van der Waals surface area (Å²) in [5.74, 6) is 0.703. The molecule has 0 aliphatic heterocycles. The fourth-order valence-corrected chi connectivity index (χ4v) is 1.97. The minimum Gasteiger partial charge on any atom is -0.465 e. The van der Waals surface area contributed by atoms with Crippen LogP contribution in [0.4, 0.5) is 0 Å². The topological polar surface area (TPSA) is 52.3 Å². The van der Waals surface area contributed by atoms with Crippen molar-refractivity contribution in [2.24, 2.45) is 0 Å². The van der Waals surface area contributed by atoms with E-state index in [1.807, 2.05) is 0 Å². The van der Waals surface area contributed by atoms with E-state index >= 15 is 0 Å². The number of ether oxygens (including phenoxy) is 1. The molecule has 1 aromatic carbocycles. The summed E-state index contributed by atoms with van der Waals surface area (Å²) in [4.78, 5) is 15.8. The number of halogens is 1. The number of nitrogens with zero attached hydrogens (tertiary/aromatic N) is 1. The molecular weight excluding hydrogens is 242 g/mol. The average molecular weight is 252 g/mol. The second kappa shape index (κ2) is 3.74. The normalized spacial score (nSPS) is 15.2. The fourth-order valence-electron chi connectivity index (χ4n) is 1.74. The summed E-state index contributed by atoms with van der Waals surface area (Å²) in [5, 5.41) is 0.322. The van der Waals surface area contributed by atoms with E-state index in [9.17, 15) is 4.79 Å². The molecule has 4 nitrogen and oxygen atoms in total. The molecule has 0 spiro atoms. The van der Waals surface area contributed by atoms with Gasteiger partial charge in [-0.05, 0) is 18.9 Å². The van der Waals surface area contributed by atoms with Crippen LogP contribution in [0.5, 0.6) is 0 Å². The Morgan fingerprint density at radius 1 is 1.53 bits per heavy atom. The van der Waals surface area contributed by atoms with E-state index in [1.54, 1.807) is 12.1 Å². The number of oxazole rings is 1. The minimum atomic E-state index is -0.465. The minimum absolute atomic E-state index is 0.317. The Hall–Kier alpha value is -1.55. The zero-order valence-corrected chi connectivity index (χ0v) is 9.95. The number of hydrogen-bond acceptors (Lipinski definition) is 4. The van der Waals surface area contributed by atoms with Crippen molar-refractivity contribution in [1.82, 2.24) is 4.98 Å². The van der Waals surface area contributed by atoms with Gasteiger partial charge in [-0.3, -0.25) is 0 Å². The first-order valence-corrected chi connectivity index (χ1v) is 5.75. The van der Waals surface area contributed by atoms with Crippen molar-refractivity contribution in [1.29, 1.82) is 0 Å². The van der Waals surface area contributed by atoms with E-state index in [4.69, 9.17) is 16.0 Å². The van der Waals surface area contributed by atoms with Crippen LogP contribution in [-0.2, 0) is 4.74 Å². The summed E-state index contributed by atoms with van der Waals surface area (Å²) >= 11 is 5.99. The van der Waals surface area contributed by atoms with Gasteiger partial charge < -0.3 is 9.15 Å². The number of benzene rings is 1. The molecule has 0 amide bonds. The highest BCUT2D eigenvalue weighted by molar-refractivity contribution is 6.34. The van der Waals surface area contributed by atoms with Crippen LogP contribution in [0.15, 0.2) is 16.5 Å². The lowest BCUT2D eigenvalue weighted by molar-refractivity contribution is 0.0601. The van der Waals surface area contributed by atoms with Gasteiger partial charge in [-0.2, -0.15) is 0 Å². The van der Waals surface area contributed by atoms with E-state index in [0.717, 1.165) is 18.7 Å². The quantitative estimate of drug-likeness (QED) is 0.770. The highest BCUT2D eigenvalue weighted by Crippen LogP contribution is 2.41. The lowest BCUT2D eigenvalue weighted by atomic mass is 10.2. The number of hydrogen-bond donors (Lipinski definition) is 0. The molecule has 5 heteroatoms. The third-order valence-electron chi connectivity index (χ3n) is 2.83. The van der Waals surface area contributed by atoms with Crippen LogP contribution in [0.1, 0.15) is 35.0 Å². The number of fused-ring (bicyclic) bond motifs is 1. The van der Waals surface area contributed by atoms with Crippen LogP contribution >= 0.6 is 11.6 Å². The summed E-state index contributed by atoms with van der Waals surface area (Å²) in [6, 6.07) is 3.22. The molecule has 3 rings (SSSR count). The maximum atomic E-state index is 11.5. The van der Waals surface area contributed by atoms with E-state index in [-0.39, 0.29) is 0 Å². The monoisotopic (exact) mass is 251 g/mol. The zero-order valence-electron chi connectivity index (χ0n) is 9.20. The molecule has 2 aromatic rings.